The molecule has 156 valence electrons. The zero-order valence-corrected chi connectivity index (χ0v) is 17.8. The Labute approximate surface area is 167 Å². The summed E-state index contributed by atoms with van der Waals surface area (Å²) in [6.07, 6.45) is 0. The van der Waals surface area contributed by atoms with Crippen LogP contribution >= 0.6 is 0 Å². The van der Waals surface area contributed by atoms with Gasteiger partial charge < -0.3 is 15.0 Å². The second-order valence-corrected chi connectivity index (χ2v) is 8.73. The van der Waals surface area contributed by atoms with Crippen molar-refractivity contribution in [3.8, 4) is 0 Å². The van der Waals surface area contributed by atoms with Crippen LogP contribution in [0.2, 0.25) is 0 Å². The number of aryl methyl sites for hydroxylation is 1. The monoisotopic (exact) mass is 410 g/mol. The number of methoxy groups -OCH3 is 1. The van der Waals surface area contributed by atoms with Crippen LogP contribution in [0.3, 0.4) is 0 Å². The maximum absolute atomic E-state index is 12.3. The average molecular weight is 411 g/mol. The molecule has 1 heterocycles. The molecule has 0 bridgehead atoms. The van der Waals surface area contributed by atoms with Gasteiger partial charge in [-0.15, -0.1) is 0 Å². The van der Waals surface area contributed by atoms with Gasteiger partial charge in [-0.1, -0.05) is 24.6 Å². The highest BCUT2D eigenvalue weighted by atomic mass is 32.2. The van der Waals surface area contributed by atoms with Gasteiger partial charge in [0, 0.05) is 26.2 Å². The molecule has 8 nitrogen and oxygen atoms in total. The number of ether oxygens (including phenoxy) is 1. The fourth-order valence-electron chi connectivity index (χ4n) is 3.17. The van der Waals surface area contributed by atoms with Gasteiger partial charge in [-0.25, -0.2) is 13.1 Å². The molecule has 9 heteroatoms. The Morgan fingerprint density at radius 1 is 1.29 bits per heavy atom. The van der Waals surface area contributed by atoms with Crippen LogP contribution in [-0.4, -0.2) is 65.1 Å². The number of rotatable bonds is 7. The summed E-state index contributed by atoms with van der Waals surface area (Å²) in [7, 11) is -2.15. The molecule has 0 radical (unpaired) electrons. The zero-order valence-electron chi connectivity index (χ0n) is 16.9. The fourth-order valence-corrected chi connectivity index (χ4v) is 4.19. The number of guanidine groups is 1. The SMILES string of the molecule is CCNC(=NCCNS(=O)(=O)c1ccc(C)cc1)N1CC(C)C(C(=O)OC)C1. The highest BCUT2D eigenvalue weighted by Crippen LogP contribution is 2.24. The van der Waals surface area contributed by atoms with Crippen LogP contribution in [0.1, 0.15) is 19.4 Å². The first-order valence-electron chi connectivity index (χ1n) is 9.46. The lowest BCUT2D eigenvalue weighted by molar-refractivity contribution is -0.145. The van der Waals surface area contributed by atoms with Gasteiger partial charge in [-0.2, -0.15) is 0 Å². The molecule has 0 aliphatic carbocycles. The maximum atomic E-state index is 12.3. The number of benzene rings is 1. The summed E-state index contributed by atoms with van der Waals surface area (Å²) < 4.78 is 32.1. The molecule has 0 aromatic heterocycles. The van der Waals surface area contributed by atoms with Crippen molar-refractivity contribution in [3.63, 3.8) is 0 Å². The van der Waals surface area contributed by atoms with Crippen LogP contribution in [0.15, 0.2) is 34.2 Å². The first-order chi connectivity index (χ1) is 13.3. The average Bonchev–Trinajstić information content (AvgIpc) is 3.05. The van der Waals surface area contributed by atoms with Gasteiger partial charge in [-0.05, 0) is 31.9 Å². The predicted molar refractivity (Wildman–Crippen MR) is 109 cm³/mol. The van der Waals surface area contributed by atoms with Crippen molar-refractivity contribution in [2.24, 2.45) is 16.8 Å². The smallest absolute Gasteiger partial charge is 0.310 e. The minimum absolute atomic E-state index is 0.163. The van der Waals surface area contributed by atoms with E-state index in [4.69, 9.17) is 4.74 Å². The summed E-state index contributed by atoms with van der Waals surface area (Å²) in [5.74, 6) is 0.442. The van der Waals surface area contributed by atoms with Gasteiger partial charge in [0.2, 0.25) is 10.0 Å². The molecular formula is C19H30N4O4S. The second-order valence-electron chi connectivity index (χ2n) is 6.96. The highest BCUT2D eigenvalue weighted by molar-refractivity contribution is 7.89. The normalized spacial score (nSPS) is 20.3. The molecule has 2 N–H and O–H groups in total. The summed E-state index contributed by atoms with van der Waals surface area (Å²) in [5, 5.41) is 3.20. The minimum Gasteiger partial charge on any atom is -0.469 e. The Morgan fingerprint density at radius 3 is 2.57 bits per heavy atom. The number of nitrogens with zero attached hydrogens (tertiary/aromatic N) is 2. The molecule has 1 aliphatic rings. The van der Waals surface area contributed by atoms with E-state index < -0.39 is 10.0 Å². The largest absolute Gasteiger partial charge is 0.469 e. The third-order valence-corrected chi connectivity index (χ3v) is 6.22. The number of carbonyl (C=O) groups is 1. The predicted octanol–water partition coefficient (Wildman–Crippen LogP) is 0.980. The third-order valence-electron chi connectivity index (χ3n) is 4.75. The van der Waals surface area contributed by atoms with Crippen molar-refractivity contribution in [1.82, 2.24) is 14.9 Å². The summed E-state index contributed by atoms with van der Waals surface area (Å²) in [5.41, 5.74) is 1.00. The Hall–Kier alpha value is -2.13. The van der Waals surface area contributed by atoms with E-state index in [9.17, 15) is 13.2 Å². The lowest BCUT2D eigenvalue weighted by Crippen LogP contribution is -2.41. The quantitative estimate of drug-likeness (QED) is 0.301. The van der Waals surface area contributed by atoms with Gasteiger partial charge in [0.25, 0.3) is 0 Å². The van der Waals surface area contributed by atoms with E-state index in [1.807, 2.05) is 25.7 Å². The molecule has 28 heavy (non-hydrogen) atoms. The van der Waals surface area contributed by atoms with E-state index in [-0.39, 0.29) is 29.2 Å². The van der Waals surface area contributed by atoms with Crippen LogP contribution in [0.25, 0.3) is 0 Å². The van der Waals surface area contributed by atoms with Crippen LogP contribution in [0.4, 0.5) is 0 Å². The molecule has 0 amide bonds. The van der Waals surface area contributed by atoms with E-state index >= 15 is 0 Å². The lowest BCUT2D eigenvalue weighted by Gasteiger charge is -2.21. The summed E-state index contributed by atoms with van der Waals surface area (Å²) in [6.45, 7) is 8.28. The number of hydrogen-bond acceptors (Lipinski definition) is 5. The minimum atomic E-state index is -3.55. The van der Waals surface area contributed by atoms with E-state index in [2.05, 4.69) is 15.0 Å². The van der Waals surface area contributed by atoms with Crippen molar-refractivity contribution in [1.29, 1.82) is 0 Å². The summed E-state index contributed by atoms with van der Waals surface area (Å²) in [6, 6.07) is 6.71. The van der Waals surface area contributed by atoms with Gasteiger partial charge in [0.1, 0.15) is 0 Å². The zero-order chi connectivity index (χ0) is 20.7. The number of esters is 1. The molecule has 1 fully saturated rings. The number of hydrogen-bond donors (Lipinski definition) is 2. The number of aliphatic imine (C=N–C) groups is 1. The Bertz CT molecular complexity index is 793. The number of carbonyl (C=O) groups excluding carboxylic acids is 1. The van der Waals surface area contributed by atoms with Crippen molar-refractivity contribution in [3.05, 3.63) is 29.8 Å². The van der Waals surface area contributed by atoms with Crippen LogP contribution in [0.5, 0.6) is 0 Å². The van der Waals surface area contributed by atoms with Gasteiger partial charge in [0.15, 0.2) is 5.96 Å². The van der Waals surface area contributed by atoms with Crippen molar-refractivity contribution < 1.29 is 17.9 Å². The van der Waals surface area contributed by atoms with E-state index in [1.54, 1.807) is 24.3 Å². The van der Waals surface area contributed by atoms with Crippen molar-refractivity contribution >= 4 is 22.0 Å². The topological polar surface area (TPSA) is 100 Å². The summed E-state index contributed by atoms with van der Waals surface area (Å²) in [4.78, 5) is 18.7. The number of nitrogens with one attached hydrogen (secondary N) is 2. The Morgan fingerprint density at radius 2 is 1.96 bits per heavy atom. The molecule has 2 rings (SSSR count). The molecule has 1 aromatic carbocycles. The van der Waals surface area contributed by atoms with E-state index in [1.165, 1.54) is 7.11 Å². The molecule has 0 saturated carbocycles. The molecular weight excluding hydrogens is 380 g/mol. The fraction of sp³-hybridized carbons (Fsp3) is 0.579. The third kappa shape index (κ3) is 5.68. The first kappa shape index (κ1) is 22.2. The molecule has 1 aliphatic heterocycles. The van der Waals surface area contributed by atoms with Crippen LogP contribution in [-0.2, 0) is 19.6 Å². The number of sulfonamides is 1. The molecule has 1 aromatic rings. The Balaban J connectivity index is 1.96. The van der Waals surface area contributed by atoms with Gasteiger partial charge >= 0.3 is 5.97 Å². The lowest BCUT2D eigenvalue weighted by atomic mass is 9.99. The van der Waals surface area contributed by atoms with Crippen molar-refractivity contribution in [2.75, 3.05) is 39.8 Å². The summed E-state index contributed by atoms with van der Waals surface area (Å²) >= 11 is 0. The molecule has 0 spiro atoms. The van der Waals surface area contributed by atoms with Crippen LogP contribution < -0.4 is 10.0 Å². The second kappa shape index (κ2) is 9.88. The maximum Gasteiger partial charge on any atom is 0.310 e. The van der Waals surface area contributed by atoms with Crippen LogP contribution in [0, 0.1) is 18.8 Å². The van der Waals surface area contributed by atoms with E-state index in [0.717, 1.165) is 5.56 Å². The highest BCUT2D eigenvalue weighted by Gasteiger charge is 2.36. The molecule has 2 atom stereocenters. The molecule has 2 unspecified atom stereocenters. The van der Waals surface area contributed by atoms with Gasteiger partial charge in [0.05, 0.1) is 24.5 Å². The van der Waals surface area contributed by atoms with Crippen molar-refractivity contribution in [2.45, 2.75) is 25.7 Å². The van der Waals surface area contributed by atoms with E-state index in [0.29, 0.717) is 32.1 Å². The first-order valence-corrected chi connectivity index (χ1v) is 10.9. The Kier molecular flexibility index (Phi) is 7.82. The van der Waals surface area contributed by atoms with Gasteiger partial charge in [-0.3, -0.25) is 9.79 Å². The number of likely N-dealkylation sites (tertiary alicyclic amines) is 1. The standard InChI is InChI=1S/C19H30N4O4S/c1-5-20-19(23-12-15(3)17(13-23)18(24)27-4)21-10-11-22-28(25,26)16-8-6-14(2)7-9-16/h6-9,15,17,22H,5,10-13H2,1-4H3,(H,20,21). The molecule has 1 saturated heterocycles.